The van der Waals surface area contributed by atoms with Crippen LogP contribution in [-0.2, 0) is 25.2 Å². The average Bonchev–Trinajstić information content (AvgIpc) is 3.39. The highest BCUT2D eigenvalue weighted by Crippen LogP contribution is 2.30. The van der Waals surface area contributed by atoms with E-state index in [-0.39, 0.29) is 31.1 Å². The molecule has 12 heteroatoms. The SMILES string of the molecule is CC1(c2ccsc2)NC(=O)N(CC(=O)N2CCN(S(=O)(=O)c3ccc(F)cc3)CC2)C1=O. The number of thiophene rings is 1. The Morgan fingerprint density at radius 2 is 1.78 bits per heavy atom. The molecule has 0 saturated carbocycles. The molecule has 170 valence electrons. The van der Waals surface area contributed by atoms with Crippen LogP contribution in [0.3, 0.4) is 0 Å². The van der Waals surface area contributed by atoms with Crippen LogP contribution in [0.15, 0.2) is 46.0 Å². The molecule has 4 amide bonds. The van der Waals surface area contributed by atoms with Gasteiger partial charge in [-0.2, -0.15) is 15.6 Å². The number of benzene rings is 1. The number of sulfonamides is 1. The second kappa shape index (κ2) is 8.26. The number of nitrogens with one attached hydrogen (secondary N) is 1. The average molecular weight is 481 g/mol. The summed E-state index contributed by atoms with van der Waals surface area (Å²) in [5.41, 5.74) is -0.574. The van der Waals surface area contributed by atoms with E-state index in [0.717, 1.165) is 17.0 Å². The summed E-state index contributed by atoms with van der Waals surface area (Å²) in [6.45, 7) is 1.51. The molecule has 2 saturated heterocycles. The molecule has 0 aliphatic carbocycles. The maximum absolute atomic E-state index is 13.1. The summed E-state index contributed by atoms with van der Waals surface area (Å²) in [5, 5.41) is 6.22. The molecule has 32 heavy (non-hydrogen) atoms. The third-order valence-corrected chi connectivity index (χ3v) is 8.31. The van der Waals surface area contributed by atoms with E-state index >= 15 is 0 Å². The van der Waals surface area contributed by atoms with Crippen LogP contribution in [0.1, 0.15) is 12.5 Å². The van der Waals surface area contributed by atoms with Gasteiger partial charge in [-0.15, -0.1) is 0 Å². The summed E-state index contributed by atoms with van der Waals surface area (Å²) >= 11 is 1.40. The molecule has 0 bridgehead atoms. The lowest BCUT2D eigenvalue weighted by molar-refractivity contribution is -0.139. The number of halogens is 1. The lowest BCUT2D eigenvalue weighted by atomic mass is 9.95. The molecule has 1 unspecified atom stereocenters. The number of rotatable bonds is 5. The Morgan fingerprint density at radius 3 is 2.38 bits per heavy atom. The minimum atomic E-state index is -3.81. The van der Waals surface area contributed by atoms with Crippen molar-refractivity contribution in [3.8, 4) is 0 Å². The summed E-state index contributed by atoms with van der Waals surface area (Å²) in [7, 11) is -3.81. The van der Waals surface area contributed by atoms with Gasteiger partial charge in [-0.25, -0.2) is 17.6 Å². The predicted octanol–water partition coefficient (Wildman–Crippen LogP) is 1.19. The first-order chi connectivity index (χ1) is 15.1. The first-order valence-corrected chi connectivity index (χ1v) is 12.2. The Morgan fingerprint density at radius 1 is 1.12 bits per heavy atom. The Hall–Kier alpha value is -2.83. The van der Waals surface area contributed by atoms with Crippen LogP contribution in [0.25, 0.3) is 0 Å². The normalized spacial score (nSPS) is 22.3. The fourth-order valence-electron chi connectivity index (χ4n) is 3.75. The van der Waals surface area contributed by atoms with Crippen molar-refractivity contribution in [3.63, 3.8) is 0 Å². The minimum absolute atomic E-state index is 0.0225. The van der Waals surface area contributed by atoms with E-state index in [9.17, 15) is 27.2 Å². The van der Waals surface area contributed by atoms with Gasteiger partial charge in [0.05, 0.1) is 4.90 Å². The van der Waals surface area contributed by atoms with E-state index in [2.05, 4.69) is 5.32 Å². The third kappa shape index (κ3) is 3.89. The van der Waals surface area contributed by atoms with E-state index < -0.39 is 45.8 Å². The number of piperazine rings is 1. The molecule has 9 nitrogen and oxygen atoms in total. The summed E-state index contributed by atoms with van der Waals surface area (Å²) in [6, 6.07) is 5.65. The highest BCUT2D eigenvalue weighted by Gasteiger charge is 2.50. The second-order valence-electron chi connectivity index (χ2n) is 7.70. The highest BCUT2D eigenvalue weighted by molar-refractivity contribution is 7.89. The molecule has 0 radical (unpaired) electrons. The van der Waals surface area contributed by atoms with Gasteiger partial charge in [0, 0.05) is 26.2 Å². The predicted molar refractivity (Wildman–Crippen MR) is 114 cm³/mol. The molecule has 0 spiro atoms. The van der Waals surface area contributed by atoms with Crippen molar-refractivity contribution in [2.45, 2.75) is 17.4 Å². The fraction of sp³-hybridized carbons (Fsp3) is 0.350. The second-order valence-corrected chi connectivity index (χ2v) is 10.4. The molecule has 2 aliphatic heterocycles. The van der Waals surface area contributed by atoms with Crippen LogP contribution in [0.4, 0.5) is 9.18 Å². The van der Waals surface area contributed by atoms with Gasteiger partial charge in [0.2, 0.25) is 15.9 Å². The zero-order valence-electron chi connectivity index (χ0n) is 17.2. The molecule has 1 N–H and O–H groups in total. The van der Waals surface area contributed by atoms with Crippen LogP contribution in [0.5, 0.6) is 0 Å². The lowest BCUT2D eigenvalue weighted by Crippen LogP contribution is -2.53. The van der Waals surface area contributed by atoms with Crippen LogP contribution >= 0.6 is 11.3 Å². The fourth-order valence-corrected chi connectivity index (χ4v) is 5.94. The maximum atomic E-state index is 13.1. The van der Waals surface area contributed by atoms with Gasteiger partial charge in [0.15, 0.2) is 0 Å². The van der Waals surface area contributed by atoms with Gasteiger partial charge < -0.3 is 10.2 Å². The smallest absolute Gasteiger partial charge is 0.325 e. The van der Waals surface area contributed by atoms with Gasteiger partial charge in [0.25, 0.3) is 5.91 Å². The molecule has 1 atom stereocenters. The number of nitrogens with zero attached hydrogens (tertiary/aromatic N) is 3. The Bertz CT molecular complexity index is 1150. The van der Waals surface area contributed by atoms with E-state index in [4.69, 9.17) is 0 Å². The lowest BCUT2D eigenvalue weighted by Gasteiger charge is -2.34. The quantitative estimate of drug-likeness (QED) is 0.647. The van der Waals surface area contributed by atoms with Crippen molar-refractivity contribution in [1.82, 2.24) is 19.4 Å². The van der Waals surface area contributed by atoms with E-state index in [0.29, 0.717) is 5.56 Å². The molecular weight excluding hydrogens is 459 g/mol. The zero-order chi connectivity index (χ0) is 23.1. The number of amides is 4. The monoisotopic (exact) mass is 480 g/mol. The van der Waals surface area contributed by atoms with Gasteiger partial charge in [0.1, 0.15) is 17.9 Å². The standard InChI is InChI=1S/C20H21FN4O5S2/c1-20(14-6-11-31-13-14)18(27)25(19(28)22-20)12-17(26)23-7-9-24(10-8-23)32(29,30)16-4-2-15(21)3-5-16/h2-6,11,13H,7-10,12H2,1H3,(H,22,28). The first-order valence-electron chi connectivity index (χ1n) is 9.83. The van der Waals surface area contributed by atoms with Crippen molar-refractivity contribution >= 4 is 39.2 Å². The topological polar surface area (TPSA) is 107 Å². The van der Waals surface area contributed by atoms with Crippen LogP contribution in [0.2, 0.25) is 0 Å². The molecule has 1 aromatic heterocycles. The van der Waals surface area contributed by atoms with E-state index in [1.807, 2.05) is 0 Å². The van der Waals surface area contributed by atoms with Crippen LogP contribution < -0.4 is 5.32 Å². The summed E-state index contributed by atoms with van der Waals surface area (Å²) in [5.74, 6) is -1.48. The van der Waals surface area contributed by atoms with Crippen LogP contribution in [0, 0.1) is 5.82 Å². The molecule has 2 fully saturated rings. The summed E-state index contributed by atoms with van der Waals surface area (Å²) in [6.07, 6.45) is 0. The molecule has 4 rings (SSSR count). The van der Waals surface area contributed by atoms with Gasteiger partial charge in [-0.3, -0.25) is 14.5 Å². The number of urea groups is 1. The van der Waals surface area contributed by atoms with Crippen molar-refractivity contribution in [3.05, 3.63) is 52.5 Å². The van der Waals surface area contributed by atoms with Crippen molar-refractivity contribution in [1.29, 1.82) is 0 Å². The number of carbonyl (C=O) groups excluding carboxylic acids is 3. The van der Waals surface area contributed by atoms with Gasteiger partial charge >= 0.3 is 6.03 Å². The van der Waals surface area contributed by atoms with Crippen molar-refractivity contribution < 1.29 is 27.2 Å². The Kier molecular flexibility index (Phi) is 5.77. The van der Waals surface area contributed by atoms with Gasteiger partial charge in [-0.1, -0.05) is 0 Å². The van der Waals surface area contributed by atoms with Crippen molar-refractivity contribution in [2.75, 3.05) is 32.7 Å². The zero-order valence-corrected chi connectivity index (χ0v) is 18.8. The van der Waals surface area contributed by atoms with E-state index in [1.54, 1.807) is 23.8 Å². The maximum Gasteiger partial charge on any atom is 0.325 e. The largest absolute Gasteiger partial charge is 0.338 e. The molecule has 2 aromatic rings. The molecule has 1 aromatic carbocycles. The highest BCUT2D eigenvalue weighted by atomic mass is 32.2. The van der Waals surface area contributed by atoms with Crippen molar-refractivity contribution in [2.24, 2.45) is 0 Å². The first kappa shape index (κ1) is 22.4. The number of imide groups is 1. The Balaban J connectivity index is 1.38. The number of carbonyl (C=O) groups is 3. The molecule has 2 aliphatic rings. The minimum Gasteiger partial charge on any atom is -0.338 e. The summed E-state index contributed by atoms with van der Waals surface area (Å²) in [4.78, 5) is 40.3. The Labute approximate surface area is 188 Å². The third-order valence-electron chi connectivity index (χ3n) is 5.71. The molecular formula is C20H21FN4O5S2. The van der Waals surface area contributed by atoms with Gasteiger partial charge in [-0.05, 0) is 53.6 Å². The van der Waals surface area contributed by atoms with E-state index in [1.165, 1.54) is 32.7 Å². The van der Waals surface area contributed by atoms with Crippen LogP contribution in [-0.4, -0.2) is 73.1 Å². The summed E-state index contributed by atoms with van der Waals surface area (Å²) < 4.78 is 39.8. The molecule has 3 heterocycles. The number of hydrogen-bond donors (Lipinski definition) is 1. The number of hydrogen-bond acceptors (Lipinski definition) is 6.